The SMILES string of the molecule is CCOc1ncc(NC(=O)/C=C/c2ccco2)cn1. The van der Waals surface area contributed by atoms with Crippen molar-refractivity contribution >= 4 is 17.7 Å². The van der Waals surface area contributed by atoms with E-state index in [9.17, 15) is 4.79 Å². The van der Waals surface area contributed by atoms with Crippen LogP contribution in [0.15, 0.2) is 41.3 Å². The van der Waals surface area contributed by atoms with Crippen molar-refractivity contribution in [3.05, 3.63) is 42.6 Å². The standard InChI is InChI=1S/C13H13N3O3/c1-2-18-13-14-8-10(9-15-13)16-12(17)6-5-11-4-3-7-19-11/h3-9H,2H2,1H3,(H,16,17)/b6-5+. The molecule has 2 heterocycles. The van der Waals surface area contributed by atoms with Gasteiger partial charge >= 0.3 is 6.01 Å². The molecule has 0 bridgehead atoms. The summed E-state index contributed by atoms with van der Waals surface area (Å²) in [5.74, 6) is 0.322. The van der Waals surface area contributed by atoms with Crippen molar-refractivity contribution in [1.29, 1.82) is 0 Å². The monoisotopic (exact) mass is 259 g/mol. The number of rotatable bonds is 5. The normalized spacial score (nSPS) is 10.6. The van der Waals surface area contributed by atoms with E-state index in [0.29, 0.717) is 18.1 Å². The fourth-order valence-corrected chi connectivity index (χ4v) is 1.31. The molecule has 2 aromatic heterocycles. The Bertz CT molecular complexity index is 547. The van der Waals surface area contributed by atoms with Gasteiger partial charge < -0.3 is 14.5 Å². The van der Waals surface area contributed by atoms with E-state index < -0.39 is 0 Å². The minimum atomic E-state index is -0.288. The van der Waals surface area contributed by atoms with Gasteiger partial charge in [-0.1, -0.05) is 0 Å². The molecule has 19 heavy (non-hydrogen) atoms. The molecule has 0 spiro atoms. The first-order chi connectivity index (χ1) is 9.28. The quantitative estimate of drug-likeness (QED) is 0.832. The molecule has 98 valence electrons. The van der Waals surface area contributed by atoms with Gasteiger partial charge in [0.15, 0.2) is 0 Å². The summed E-state index contributed by atoms with van der Waals surface area (Å²) in [6.45, 7) is 2.34. The van der Waals surface area contributed by atoms with Gasteiger partial charge in [-0.3, -0.25) is 4.79 Å². The first-order valence-electron chi connectivity index (χ1n) is 5.75. The molecule has 0 aliphatic carbocycles. The number of carbonyl (C=O) groups is 1. The molecule has 0 saturated heterocycles. The molecule has 0 unspecified atom stereocenters. The van der Waals surface area contributed by atoms with Gasteiger partial charge in [0.25, 0.3) is 0 Å². The number of carbonyl (C=O) groups excluding carboxylic acids is 1. The Kier molecular flexibility index (Phi) is 4.28. The first kappa shape index (κ1) is 12.8. The Hall–Kier alpha value is -2.63. The van der Waals surface area contributed by atoms with Crippen LogP contribution < -0.4 is 10.1 Å². The van der Waals surface area contributed by atoms with E-state index in [4.69, 9.17) is 9.15 Å². The smallest absolute Gasteiger partial charge is 0.316 e. The molecule has 0 saturated carbocycles. The third-order valence-electron chi connectivity index (χ3n) is 2.11. The van der Waals surface area contributed by atoms with Crippen molar-refractivity contribution in [1.82, 2.24) is 9.97 Å². The third-order valence-corrected chi connectivity index (χ3v) is 2.11. The summed E-state index contributed by atoms with van der Waals surface area (Å²) >= 11 is 0. The molecule has 6 heteroatoms. The molecule has 1 N–H and O–H groups in total. The molecule has 2 rings (SSSR count). The van der Waals surface area contributed by atoms with E-state index in [-0.39, 0.29) is 11.9 Å². The molecule has 1 amide bonds. The number of amides is 1. The molecular weight excluding hydrogens is 246 g/mol. The molecule has 0 aromatic carbocycles. The van der Waals surface area contributed by atoms with Gasteiger partial charge in [0, 0.05) is 6.08 Å². The van der Waals surface area contributed by atoms with Gasteiger partial charge in [0.05, 0.1) is 31.0 Å². The van der Waals surface area contributed by atoms with Crippen molar-refractivity contribution < 1.29 is 13.9 Å². The Morgan fingerprint density at radius 1 is 1.47 bits per heavy atom. The summed E-state index contributed by atoms with van der Waals surface area (Å²) in [7, 11) is 0. The summed E-state index contributed by atoms with van der Waals surface area (Å²) < 4.78 is 10.2. The number of aromatic nitrogens is 2. The lowest BCUT2D eigenvalue weighted by Crippen LogP contribution is -2.08. The molecular formula is C13H13N3O3. The summed E-state index contributed by atoms with van der Waals surface area (Å²) in [6, 6.07) is 3.79. The van der Waals surface area contributed by atoms with Crippen LogP contribution in [0, 0.1) is 0 Å². The van der Waals surface area contributed by atoms with E-state index in [0.717, 1.165) is 0 Å². The maximum Gasteiger partial charge on any atom is 0.316 e. The van der Waals surface area contributed by atoms with Crippen molar-refractivity contribution in [2.75, 3.05) is 11.9 Å². The highest BCUT2D eigenvalue weighted by atomic mass is 16.5. The fourth-order valence-electron chi connectivity index (χ4n) is 1.31. The number of ether oxygens (including phenoxy) is 1. The molecule has 0 fully saturated rings. The highest BCUT2D eigenvalue weighted by Gasteiger charge is 2.01. The van der Waals surface area contributed by atoms with Crippen molar-refractivity contribution in [2.45, 2.75) is 6.92 Å². The summed E-state index contributed by atoms with van der Waals surface area (Å²) in [5, 5.41) is 2.63. The predicted octanol–water partition coefficient (Wildman–Crippen LogP) is 2.12. The summed E-state index contributed by atoms with van der Waals surface area (Å²) in [5.41, 5.74) is 0.498. The maximum atomic E-state index is 11.6. The summed E-state index contributed by atoms with van der Waals surface area (Å²) in [4.78, 5) is 19.5. The van der Waals surface area contributed by atoms with Crippen LogP contribution in [0.3, 0.4) is 0 Å². The second kappa shape index (κ2) is 6.34. The largest absolute Gasteiger partial charge is 0.465 e. The van der Waals surface area contributed by atoms with Crippen molar-refractivity contribution in [2.24, 2.45) is 0 Å². The first-order valence-corrected chi connectivity index (χ1v) is 5.75. The van der Waals surface area contributed by atoms with E-state index in [1.807, 2.05) is 6.92 Å². The zero-order valence-corrected chi connectivity index (χ0v) is 10.4. The van der Waals surface area contributed by atoms with E-state index in [1.165, 1.54) is 24.7 Å². The topological polar surface area (TPSA) is 77.2 Å². The predicted molar refractivity (Wildman–Crippen MR) is 69.6 cm³/mol. The molecule has 2 aromatic rings. The lowest BCUT2D eigenvalue weighted by molar-refractivity contribution is -0.111. The van der Waals surface area contributed by atoms with Gasteiger partial charge in [-0.05, 0) is 25.1 Å². The molecule has 0 radical (unpaired) electrons. The number of nitrogens with one attached hydrogen (secondary N) is 1. The minimum Gasteiger partial charge on any atom is -0.465 e. The number of nitrogens with zero attached hydrogens (tertiary/aromatic N) is 2. The van der Waals surface area contributed by atoms with E-state index >= 15 is 0 Å². The van der Waals surface area contributed by atoms with Gasteiger partial charge in [-0.25, -0.2) is 9.97 Å². The highest BCUT2D eigenvalue weighted by Crippen LogP contribution is 2.08. The van der Waals surface area contributed by atoms with Crippen molar-refractivity contribution in [3.8, 4) is 6.01 Å². The molecule has 0 aliphatic heterocycles. The number of furan rings is 1. The van der Waals surface area contributed by atoms with Gasteiger partial charge in [-0.2, -0.15) is 0 Å². The lowest BCUT2D eigenvalue weighted by atomic mass is 10.4. The van der Waals surface area contributed by atoms with Crippen LogP contribution in [-0.4, -0.2) is 22.5 Å². The fraction of sp³-hybridized carbons (Fsp3) is 0.154. The van der Waals surface area contributed by atoms with Gasteiger partial charge in [0.1, 0.15) is 5.76 Å². The van der Waals surface area contributed by atoms with Crippen molar-refractivity contribution in [3.63, 3.8) is 0 Å². The third kappa shape index (κ3) is 3.95. The minimum absolute atomic E-state index is 0.284. The molecule has 0 atom stereocenters. The van der Waals surface area contributed by atoms with E-state index in [1.54, 1.807) is 18.2 Å². The zero-order chi connectivity index (χ0) is 13.5. The number of hydrogen-bond donors (Lipinski definition) is 1. The molecule has 0 aliphatic rings. The second-order valence-corrected chi connectivity index (χ2v) is 3.53. The van der Waals surface area contributed by atoms with Crippen LogP contribution in [0.2, 0.25) is 0 Å². The Morgan fingerprint density at radius 3 is 2.89 bits per heavy atom. The Balaban J connectivity index is 1.91. The van der Waals surface area contributed by atoms with Crippen LogP contribution in [-0.2, 0) is 4.79 Å². The highest BCUT2D eigenvalue weighted by molar-refractivity contribution is 6.01. The molecule has 6 nitrogen and oxygen atoms in total. The number of hydrogen-bond acceptors (Lipinski definition) is 5. The average molecular weight is 259 g/mol. The zero-order valence-electron chi connectivity index (χ0n) is 10.4. The van der Waals surface area contributed by atoms with Gasteiger partial charge in [-0.15, -0.1) is 0 Å². The summed E-state index contributed by atoms with van der Waals surface area (Å²) in [6.07, 6.45) is 7.45. The average Bonchev–Trinajstić information content (AvgIpc) is 2.92. The van der Waals surface area contributed by atoms with E-state index in [2.05, 4.69) is 15.3 Å². The number of anilines is 1. The van der Waals surface area contributed by atoms with Crippen LogP contribution >= 0.6 is 0 Å². The Labute approximate surface area is 110 Å². The van der Waals surface area contributed by atoms with Crippen LogP contribution in [0.25, 0.3) is 6.08 Å². The van der Waals surface area contributed by atoms with Crippen LogP contribution in [0.1, 0.15) is 12.7 Å². The Morgan fingerprint density at radius 2 is 2.26 bits per heavy atom. The maximum absolute atomic E-state index is 11.6. The van der Waals surface area contributed by atoms with Crippen LogP contribution in [0.5, 0.6) is 6.01 Å². The second-order valence-electron chi connectivity index (χ2n) is 3.53. The lowest BCUT2D eigenvalue weighted by Gasteiger charge is -2.02. The van der Waals surface area contributed by atoms with Crippen LogP contribution in [0.4, 0.5) is 5.69 Å². The van der Waals surface area contributed by atoms with Gasteiger partial charge in [0.2, 0.25) is 5.91 Å².